The van der Waals surface area contributed by atoms with Crippen LogP contribution >= 0.6 is 11.6 Å². The van der Waals surface area contributed by atoms with E-state index < -0.39 is 0 Å². The van der Waals surface area contributed by atoms with Gasteiger partial charge in [-0.3, -0.25) is 4.90 Å². The van der Waals surface area contributed by atoms with Gasteiger partial charge in [0, 0.05) is 29.7 Å². The van der Waals surface area contributed by atoms with E-state index in [9.17, 15) is 0 Å². The highest BCUT2D eigenvalue weighted by atomic mass is 35.5. The van der Waals surface area contributed by atoms with Crippen LogP contribution in [0, 0.1) is 5.92 Å². The van der Waals surface area contributed by atoms with Crippen molar-refractivity contribution in [2.45, 2.75) is 25.4 Å². The molecule has 0 aliphatic heterocycles. The summed E-state index contributed by atoms with van der Waals surface area (Å²) in [5.74, 6) is 1.61. The molecular weight excluding hydrogens is 248 g/mol. The van der Waals surface area contributed by atoms with E-state index in [1.54, 1.807) is 7.11 Å². The molecule has 1 aromatic rings. The van der Waals surface area contributed by atoms with Gasteiger partial charge in [-0.15, -0.1) is 0 Å². The van der Waals surface area contributed by atoms with Crippen molar-refractivity contribution < 1.29 is 4.74 Å². The average molecular weight is 269 g/mol. The third-order valence-electron chi connectivity index (χ3n) is 3.68. The predicted molar refractivity (Wildman–Crippen MR) is 75.0 cm³/mol. The first-order chi connectivity index (χ1) is 8.67. The van der Waals surface area contributed by atoms with Crippen molar-refractivity contribution >= 4 is 11.6 Å². The summed E-state index contributed by atoms with van der Waals surface area (Å²) in [5, 5.41) is 0.757. The number of benzene rings is 1. The molecule has 2 rings (SSSR count). The number of nitrogens with two attached hydrogens (primary N) is 1. The highest BCUT2D eigenvalue weighted by Crippen LogP contribution is 2.36. The molecule has 100 valence electrons. The van der Waals surface area contributed by atoms with Crippen LogP contribution in [0.2, 0.25) is 5.02 Å². The summed E-state index contributed by atoms with van der Waals surface area (Å²) < 4.78 is 5.37. The molecule has 18 heavy (non-hydrogen) atoms. The second-order valence-corrected chi connectivity index (χ2v) is 5.38. The van der Waals surface area contributed by atoms with Crippen molar-refractivity contribution in [2.75, 3.05) is 20.7 Å². The number of nitrogens with zero attached hydrogens (tertiary/aromatic N) is 1. The first kappa shape index (κ1) is 13.7. The minimum Gasteiger partial charge on any atom is -0.496 e. The molecule has 0 bridgehead atoms. The third kappa shape index (κ3) is 2.97. The molecule has 1 aromatic carbocycles. The second-order valence-electron chi connectivity index (χ2n) is 4.98. The fourth-order valence-electron chi connectivity index (χ4n) is 2.46. The average Bonchev–Trinajstić information content (AvgIpc) is 3.17. The molecule has 2 N–H and O–H groups in total. The second kappa shape index (κ2) is 5.91. The third-order valence-corrected chi connectivity index (χ3v) is 4.03. The van der Waals surface area contributed by atoms with Gasteiger partial charge in [-0.2, -0.15) is 0 Å². The quantitative estimate of drug-likeness (QED) is 0.862. The van der Waals surface area contributed by atoms with Crippen LogP contribution in [0.25, 0.3) is 0 Å². The molecule has 0 aromatic heterocycles. The lowest BCUT2D eigenvalue weighted by atomic mass is 10.1. The van der Waals surface area contributed by atoms with E-state index in [2.05, 4.69) is 11.9 Å². The van der Waals surface area contributed by atoms with Crippen molar-refractivity contribution in [3.05, 3.63) is 28.8 Å². The Morgan fingerprint density at radius 1 is 1.50 bits per heavy atom. The van der Waals surface area contributed by atoms with E-state index in [-0.39, 0.29) is 0 Å². The normalized spacial score (nSPS) is 16.9. The maximum absolute atomic E-state index is 6.26. The van der Waals surface area contributed by atoms with Crippen LogP contribution in [0.5, 0.6) is 5.75 Å². The molecule has 0 saturated heterocycles. The molecule has 3 nitrogen and oxygen atoms in total. The van der Waals surface area contributed by atoms with Crippen LogP contribution < -0.4 is 10.5 Å². The van der Waals surface area contributed by atoms with Crippen LogP contribution in [0.1, 0.15) is 18.4 Å². The van der Waals surface area contributed by atoms with E-state index in [4.69, 9.17) is 22.1 Å². The topological polar surface area (TPSA) is 38.5 Å². The van der Waals surface area contributed by atoms with Crippen LogP contribution in [0.15, 0.2) is 18.2 Å². The van der Waals surface area contributed by atoms with Gasteiger partial charge in [0.05, 0.1) is 7.11 Å². The maximum atomic E-state index is 6.26. The Morgan fingerprint density at radius 2 is 2.22 bits per heavy atom. The maximum Gasteiger partial charge on any atom is 0.124 e. The van der Waals surface area contributed by atoms with E-state index in [0.717, 1.165) is 28.8 Å². The Morgan fingerprint density at radius 3 is 2.78 bits per heavy atom. The molecule has 1 unspecified atom stereocenters. The summed E-state index contributed by atoms with van der Waals surface area (Å²) in [6.45, 7) is 1.48. The lowest BCUT2D eigenvalue weighted by Gasteiger charge is -2.27. The number of methoxy groups -OCH3 is 1. The van der Waals surface area contributed by atoms with Crippen molar-refractivity contribution in [1.82, 2.24) is 4.90 Å². The number of hydrogen-bond acceptors (Lipinski definition) is 3. The monoisotopic (exact) mass is 268 g/mol. The SMILES string of the molecule is COc1cccc(Cl)c1CN(C)C(CN)C1CC1. The minimum absolute atomic E-state index is 0.450. The largest absolute Gasteiger partial charge is 0.496 e. The van der Waals surface area contributed by atoms with Gasteiger partial charge in [0.1, 0.15) is 5.75 Å². The Balaban J connectivity index is 2.12. The van der Waals surface area contributed by atoms with Crippen LogP contribution in [-0.2, 0) is 6.54 Å². The Bertz CT molecular complexity index is 407. The van der Waals surface area contributed by atoms with E-state index in [1.807, 2.05) is 18.2 Å². The lowest BCUT2D eigenvalue weighted by molar-refractivity contribution is 0.213. The van der Waals surface area contributed by atoms with Gasteiger partial charge in [0.25, 0.3) is 0 Å². The highest BCUT2D eigenvalue weighted by molar-refractivity contribution is 6.31. The van der Waals surface area contributed by atoms with Gasteiger partial charge in [-0.05, 0) is 37.9 Å². The summed E-state index contributed by atoms with van der Waals surface area (Å²) >= 11 is 6.26. The first-order valence-electron chi connectivity index (χ1n) is 6.39. The van der Waals surface area contributed by atoms with Gasteiger partial charge in [-0.25, -0.2) is 0 Å². The van der Waals surface area contributed by atoms with Gasteiger partial charge in [0.15, 0.2) is 0 Å². The minimum atomic E-state index is 0.450. The van der Waals surface area contributed by atoms with Crippen molar-refractivity contribution in [3.8, 4) is 5.75 Å². The fraction of sp³-hybridized carbons (Fsp3) is 0.571. The Kier molecular flexibility index (Phi) is 4.49. The molecule has 4 heteroatoms. The van der Waals surface area contributed by atoms with E-state index in [0.29, 0.717) is 12.6 Å². The van der Waals surface area contributed by atoms with Crippen molar-refractivity contribution in [2.24, 2.45) is 11.7 Å². The number of halogens is 1. The number of ether oxygens (including phenoxy) is 1. The molecule has 1 saturated carbocycles. The van der Waals surface area contributed by atoms with Gasteiger partial charge >= 0.3 is 0 Å². The zero-order valence-corrected chi connectivity index (χ0v) is 11.8. The zero-order valence-electron chi connectivity index (χ0n) is 11.0. The molecule has 0 heterocycles. The number of hydrogen-bond donors (Lipinski definition) is 1. The van der Waals surface area contributed by atoms with Crippen LogP contribution in [0.4, 0.5) is 0 Å². The van der Waals surface area contributed by atoms with E-state index >= 15 is 0 Å². The van der Waals surface area contributed by atoms with Gasteiger partial charge in [0.2, 0.25) is 0 Å². The predicted octanol–water partition coefficient (Wildman–Crippen LogP) is 2.52. The number of likely N-dealkylation sites (N-methyl/N-ethyl adjacent to an activating group) is 1. The lowest BCUT2D eigenvalue weighted by Crippen LogP contribution is -2.39. The molecule has 1 aliphatic rings. The zero-order chi connectivity index (χ0) is 13.1. The van der Waals surface area contributed by atoms with Crippen molar-refractivity contribution in [1.29, 1.82) is 0 Å². The summed E-state index contributed by atoms with van der Waals surface area (Å²) in [6.07, 6.45) is 2.59. The van der Waals surface area contributed by atoms with E-state index in [1.165, 1.54) is 12.8 Å². The summed E-state index contributed by atoms with van der Waals surface area (Å²) in [7, 11) is 3.79. The fourth-order valence-corrected chi connectivity index (χ4v) is 2.69. The molecule has 1 atom stereocenters. The van der Waals surface area contributed by atoms with Crippen molar-refractivity contribution in [3.63, 3.8) is 0 Å². The molecule has 0 radical (unpaired) electrons. The van der Waals surface area contributed by atoms with Gasteiger partial charge in [-0.1, -0.05) is 17.7 Å². The Hall–Kier alpha value is -0.770. The van der Waals surface area contributed by atoms with Crippen LogP contribution in [-0.4, -0.2) is 31.6 Å². The smallest absolute Gasteiger partial charge is 0.124 e. The standard InChI is InChI=1S/C14H21ClN2O/c1-17(13(8-16)10-6-7-10)9-11-12(15)4-3-5-14(11)18-2/h3-5,10,13H,6-9,16H2,1-2H3. The van der Waals surface area contributed by atoms with Crippen LogP contribution in [0.3, 0.4) is 0 Å². The first-order valence-corrected chi connectivity index (χ1v) is 6.76. The number of rotatable bonds is 6. The highest BCUT2D eigenvalue weighted by Gasteiger charge is 2.33. The molecule has 0 amide bonds. The molecular formula is C14H21ClN2O. The molecule has 0 spiro atoms. The summed E-state index contributed by atoms with van der Waals surface area (Å²) in [6, 6.07) is 6.21. The summed E-state index contributed by atoms with van der Waals surface area (Å²) in [5.41, 5.74) is 6.92. The Labute approximate surface area is 114 Å². The molecule has 1 fully saturated rings. The summed E-state index contributed by atoms with van der Waals surface area (Å²) in [4.78, 5) is 2.29. The van der Waals surface area contributed by atoms with Gasteiger partial charge < -0.3 is 10.5 Å². The molecule has 1 aliphatic carbocycles.